The zero-order chi connectivity index (χ0) is 36.8. The Hall–Kier alpha value is -6.94. The fourth-order valence-corrected chi connectivity index (χ4v) is 10.6. The third-order valence-electron chi connectivity index (χ3n) is 11.9. The lowest BCUT2D eigenvalue weighted by Gasteiger charge is -2.40. The van der Waals surface area contributed by atoms with Crippen molar-refractivity contribution in [3.05, 3.63) is 222 Å². The van der Waals surface area contributed by atoms with Crippen LogP contribution in [0.3, 0.4) is 0 Å². The molecule has 1 aliphatic carbocycles. The molecule has 0 fully saturated rings. The van der Waals surface area contributed by atoms with Crippen LogP contribution in [0.25, 0.3) is 53.2 Å². The standard InChI is InChI=1S/C53H33NOS/c1-2-12-34(13-3-1)35-22-25-37(26-23-35)54(38-28-31-51-44(32-38)42-16-6-11-21-50(42)56-51)39-27-30-41-43-29-24-36-14-4-5-15-40(36)52(43)53(47(41)33-39)45-17-7-9-19-48(45)55-49-20-10-8-18-46(49)53/h1-33H. The zero-order valence-corrected chi connectivity index (χ0v) is 31.1. The number of para-hydroxylation sites is 2. The molecule has 3 heteroatoms. The minimum absolute atomic E-state index is 0.608. The van der Waals surface area contributed by atoms with Crippen LogP contribution in [0.1, 0.15) is 22.3 Å². The van der Waals surface area contributed by atoms with Crippen molar-refractivity contribution in [3.63, 3.8) is 0 Å². The molecule has 56 heavy (non-hydrogen) atoms. The van der Waals surface area contributed by atoms with Crippen LogP contribution in [0.15, 0.2) is 200 Å². The second-order valence-corrected chi connectivity index (χ2v) is 15.9. The van der Waals surface area contributed by atoms with Crippen LogP contribution in [0.4, 0.5) is 17.1 Å². The predicted molar refractivity (Wildman–Crippen MR) is 234 cm³/mol. The molecule has 2 heterocycles. The Morgan fingerprint density at radius 1 is 0.393 bits per heavy atom. The second kappa shape index (κ2) is 12.0. The number of rotatable bonds is 4. The van der Waals surface area contributed by atoms with E-state index in [1.54, 1.807) is 0 Å². The van der Waals surface area contributed by atoms with E-state index in [2.05, 4.69) is 205 Å². The fraction of sp³-hybridized carbons (Fsp3) is 0.0189. The van der Waals surface area contributed by atoms with E-state index < -0.39 is 5.41 Å². The van der Waals surface area contributed by atoms with Crippen LogP contribution in [-0.4, -0.2) is 0 Å². The van der Waals surface area contributed by atoms with E-state index in [0.717, 1.165) is 39.7 Å². The molecule has 0 radical (unpaired) electrons. The zero-order valence-electron chi connectivity index (χ0n) is 30.3. The summed E-state index contributed by atoms with van der Waals surface area (Å²) in [5.74, 6) is 1.79. The second-order valence-electron chi connectivity index (χ2n) is 14.8. The quantitative estimate of drug-likeness (QED) is 0.179. The molecule has 262 valence electrons. The summed E-state index contributed by atoms with van der Waals surface area (Å²) in [7, 11) is 0. The highest BCUT2D eigenvalue weighted by atomic mass is 32.1. The molecule has 12 rings (SSSR count). The summed E-state index contributed by atoms with van der Waals surface area (Å²) in [6.07, 6.45) is 0. The largest absolute Gasteiger partial charge is 0.457 e. The van der Waals surface area contributed by atoms with Gasteiger partial charge >= 0.3 is 0 Å². The van der Waals surface area contributed by atoms with Gasteiger partial charge in [-0.2, -0.15) is 0 Å². The summed E-state index contributed by atoms with van der Waals surface area (Å²) in [5.41, 5.74) is 12.5. The van der Waals surface area contributed by atoms with Crippen molar-refractivity contribution in [2.75, 3.05) is 4.90 Å². The monoisotopic (exact) mass is 731 g/mol. The van der Waals surface area contributed by atoms with Crippen molar-refractivity contribution >= 4 is 59.3 Å². The number of hydrogen-bond donors (Lipinski definition) is 0. The van der Waals surface area contributed by atoms with Crippen LogP contribution >= 0.6 is 11.3 Å². The molecule has 0 N–H and O–H groups in total. The van der Waals surface area contributed by atoms with Gasteiger partial charge in [0.05, 0.1) is 5.41 Å². The number of hydrogen-bond acceptors (Lipinski definition) is 3. The summed E-state index contributed by atoms with van der Waals surface area (Å²) >= 11 is 1.85. The number of fused-ring (bicyclic) bond motifs is 14. The average molecular weight is 732 g/mol. The van der Waals surface area contributed by atoms with Crippen molar-refractivity contribution in [2.24, 2.45) is 0 Å². The first-order chi connectivity index (χ1) is 27.8. The van der Waals surface area contributed by atoms with Crippen molar-refractivity contribution in [1.82, 2.24) is 0 Å². The number of benzene rings is 9. The first kappa shape index (κ1) is 31.4. The molecule has 1 aliphatic heterocycles. The molecule has 9 aromatic carbocycles. The van der Waals surface area contributed by atoms with Gasteiger partial charge in [0.1, 0.15) is 11.5 Å². The Morgan fingerprint density at radius 2 is 0.982 bits per heavy atom. The summed E-state index contributed by atoms with van der Waals surface area (Å²) in [6.45, 7) is 0. The highest BCUT2D eigenvalue weighted by Gasteiger charge is 2.52. The molecule has 0 saturated heterocycles. The van der Waals surface area contributed by atoms with Gasteiger partial charge < -0.3 is 9.64 Å². The van der Waals surface area contributed by atoms with Gasteiger partial charge in [0.2, 0.25) is 0 Å². The molecule has 0 bridgehead atoms. The van der Waals surface area contributed by atoms with Crippen LogP contribution in [-0.2, 0) is 5.41 Å². The van der Waals surface area contributed by atoms with Gasteiger partial charge in [-0.3, -0.25) is 0 Å². The highest BCUT2D eigenvalue weighted by molar-refractivity contribution is 7.25. The molecule has 1 spiro atoms. The van der Waals surface area contributed by atoms with Crippen LogP contribution < -0.4 is 9.64 Å². The number of nitrogens with zero attached hydrogens (tertiary/aromatic N) is 1. The van der Waals surface area contributed by atoms with E-state index in [0.29, 0.717) is 0 Å². The van der Waals surface area contributed by atoms with E-state index in [4.69, 9.17) is 4.74 Å². The number of thiophene rings is 1. The van der Waals surface area contributed by atoms with Gasteiger partial charge in [0, 0.05) is 48.4 Å². The number of anilines is 3. The van der Waals surface area contributed by atoms with Crippen molar-refractivity contribution in [3.8, 4) is 33.8 Å². The topological polar surface area (TPSA) is 12.5 Å². The molecule has 2 aliphatic rings. The normalized spacial score (nSPS) is 13.3. The maximum absolute atomic E-state index is 6.73. The lowest BCUT2D eigenvalue weighted by molar-refractivity contribution is 0.437. The van der Waals surface area contributed by atoms with E-state index in [9.17, 15) is 0 Å². The molecule has 1 aromatic heterocycles. The maximum atomic E-state index is 6.73. The van der Waals surface area contributed by atoms with Gasteiger partial charge in [0.15, 0.2) is 0 Å². The fourth-order valence-electron chi connectivity index (χ4n) is 9.54. The maximum Gasteiger partial charge on any atom is 0.132 e. The lowest BCUT2D eigenvalue weighted by atomic mass is 9.65. The lowest BCUT2D eigenvalue weighted by Crippen LogP contribution is -2.32. The van der Waals surface area contributed by atoms with Gasteiger partial charge in [0.25, 0.3) is 0 Å². The summed E-state index contributed by atoms with van der Waals surface area (Å²) in [5, 5.41) is 5.06. The molecular formula is C53H33NOS. The Kier molecular flexibility index (Phi) is 6.75. The third-order valence-corrected chi connectivity index (χ3v) is 13.1. The van der Waals surface area contributed by atoms with Crippen LogP contribution in [0.2, 0.25) is 0 Å². The minimum Gasteiger partial charge on any atom is -0.457 e. The summed E-state index contributed by atoms with van der Waals surface area (Å²) < 4.78 is 9.33. The van der Waals surface area contributed by atoms with Gasteiger partial charge in [-0.1, -0.05) is 140 Å². The Balaban J connectivity index is 1.14. The van der Waals surface area contributed by atoms with Crippen LogP contribution in [0, 0.1) is 0 Å². The van der Waals surface area contributed by atoms with Gasteiger partial charge in [-0.15, -0.1) is 11.3 Å². The Morgan fingerprint density at radius 3 is 1.79 bits per heavy atom. The van der Waals surface area contributed by atoms with Crippen molar-refractivity contribution in [1.29, 1.82) is 0 Å². The van der Waals surface area contributed by atoms with E-state index >= 15 is 0 Å². The van der Waals surface area contributed by atoms with Crippen molar-refractivity contribution < 1.29 is 4.74 Å². The smallest absolute Gasteiger partial charge is 0.132 e. The first-order valence-electron chi connectivity index (χ1n) is 19.2. The summed E-state index contributed by atoms with van der Waals surface area (Å²) in [6, 6.07) is 73.2. The number of ether oxygens (including phenoxy) is 1. The minimum atomic E-state index is -0.608. The molecular weight excluding hydrogens is 699 g/mol. The molecule has 2 nitrogen and oxygen atoms in total. The SMILES string of the molecule is c1ccc(-c2ccc(N(c3ccc4c(c3)C3(c5ccccc5Oc5ccccc53)c3c-4ccc4ccccc34)c3ccc4sc5ccccc5c4c3)cc2)cc1. The summed E-state index contributed by atoms with van der Waals surface area (Å²) in [4.78, 5) is 2.44. The van der Waals surface area contributed by atoms with E-state index in [1.165, 1.54) is 64.3 Å². The molecule has 0 unspecified atom stereocenters. The van der Waals surface area contributed by atoms with Crippen molar-refractivity contribution in [2.45, 2.75) is 5.41 Å². The van der Waals surface area contributed by atoms with Crippen LogP contribution in [0.5, 0.6) is 11.5 Å². The molecule has 10 aromatic rings. The van der Waals surface area contributed by atoms with E-state index in [1.807, 2.05) is 11.3 Å². The predicted octanol–water partition coefficient (Wildman–Crippen LogP) is 14.8. The highest BCUT2D eigenvalue weighted by Crippen LogP contribution is 2.64. The average Bonchev–Trinajstić information content (AvgIpc) is 3.78. The van der Waals surface area contributed by atoms with E-state index in [-0.39, 0.29) is 0 Å². The first-order valence-corrected chi connectivity index (χ1v) is 20.0. The molecule has 0 saturated carbocycles. The Bertz CT molecular complexity index is 3130. The third kappa shape index (κ3) is 4.43. The Labute approximate surface area is 329 Å². The van der Waals surface area contributed by atoms with Gasteiger partial charge in [-0.25, -0.2) is 0 Å². The van der Waals surface area contributed by atoms with Gasteiger partial charge in [-0.05, 0) is 105 Å². The molecule has 0 atom stereocenters. The molecule has 0 amide bonds.